The molecular weight excluding hydrogens is 435 g/mol. The molecule has 12 nitrogen and oxygen atoms in total. The van der Waals surface area contributed by atoms with Crippen LogP contribution in [0.25, 0.3) is 5.82 Å². The minimum Gasteiger partial charge on any atom is -0.456 e. The standard InChI is InChI=1S/C20H23FN8O4/c1-12-14(10-33-18(12)31)28-5-3-20(19(28)32)2-4-27(9-16(20)21)8-15(30)13-6-23-17(7-22-13)29-11-24-25-26-29/h6-7,11,15-16,30H,2-5,8-10H2,1H3/t15-,16?,20-/m0/s1. The molecule has 2 saturated heterocycles. The van der Waals surface area contributed by atoms with E-state index < -0.39 is 23.7 Å². The Morgan fingerprint density at radius 2 is 2.09 bits per heavy atom. The SMILES string of the molecule is CC1=C(N2CC[C@]3(CCN(C[C@H](O)c4cnc(-n5cnnn5)cn4)CC3F)C2=O)COC1=O. The maximum absolute atomic E-state index is 15.4. The highest BCUT2D eigenvalue weighted by atomic mass is 19.1. The maximum atomic E-state index is 15.4. The number of aromatic nitrogens is 6. The van der Waals surface area contributed by atoms with Crippen LogP contribution in [0.2, 0.25) is 0 Å². The van der Waals surface area contributed by atoms with E-state index in [1.807, 2.05) is 0 Å². The summed E-state index contributed by atoms with van der Waals surface area (Å²) in [5.41, 5.74) is 0.186. The van der Waals surface area contributed by atoms with Gasteiger partial charge in [-0.1, -0.05) is 0 Å². The van der Waals surface area contributed by atoms with E-state index in [9.17, 15) is 14.7 Å². The number of tetrazole rings is 1. The van der Waals surface area contributed by atoms with Gasteiger partial charge in [-0.25, -0.2) is 14.2 Å². The molecule has 0 radical (unpaired) electrons. The van der Waals surface area contributed by atoms with Gasteiger partial charge in [-0.05, 0) is 36.7 Å². The van der Waals surface area contributed by atoms with Crippen molar-refractivity contribution in [3.05, 3.63) is 35.7 Å². The number of halogens is 1. The van der Waals surface area contributed by atoms with Gasteiger partial charge in [0.2, 0.25) is 5.91 Å². The summed E-state index contributed by atoms with van der Waals surface area (Å²) < 4.78 is 21.8. The van der Waals surface area contributed by atoms with Gasteiger partial charge in [-0.3, -0.25) is 14.7 Å². The van der Waals surface area contributed by atoms with Crippen LogP contribution in [0, 0.1) is 5.41 Å². The van der Waals surface area contributed by atoms with Crippen molar-refractivity contribution >= 4 is 11.9 Å². The second-order valence-electron chi connectivity index (χ2n) is 8.56. The Labute approximate surface area is 188 Å². The second-order valence-corrected chi connectivity index (χ2v) is 8.56. The zero-order valence-corrected chi connectivity index (χ0v) is 18.0. The van der Waals surface area contributed by atoms with Gasteiger partial charge in [-0.15, -0.1) is 5.10 Å². The van der Waals surface area contributed by atoms with Gasteiger partial charge in [-0.2, -0.15) is 4.68 Å². The van der Waals surface area contributed by atoms with Gasteiger partial charge < -0.3 is 14.7 Å². The molecular formula is C20H23FN8O4. The topological polar surface area (TPSA) is 139 Å². The number of β-amino-alcohol motifs (C(OH)–C–C–N with tert-alkyl or cyclic N) is 1. The fourth-order valence-corrected chi connectivity index (χ4v) is 4.72. The summed E-state index contributed by atoms with van der Waals surface area (Å²) in [6.07, 6.45) is 2.62. The number of cyclic esters (lactones) is 1. The molecule has 3 aliphatic rings. The molecule has 2 aromatic heterocycles. The molecule has 0 aliphatic carbocycles. The Balaban J connectivity index is 1.22. The zero-order chi connectivity index (χ0) is 23.2. The highest BCUT2D eigenvalue weighted by molar-refractivity contribution is 5.94. The number of carbonyl (C=O) groups is 2. The van der Waals surface area contributed by atoms with Crippen molar-refractivity contribution < 1.29 is 23.8 Å². The first-order valence-electron chi connectivity index (χ1n) is 10.7. The number of carbonyl (C=O) groups excluding carboxylic acids is 2. The van der Waals surface area contributed by atoms with Crippen molar-refractivity contribution in [1.82, 2.24) is 40.0 Å². The van der Waals surface area contributed by atoms with E-state index in [-0.39, 0.29) is 25.6 Å². The lowest BCUT2D eigenvalue weighted by Crippen LogP contribution is -2.53. The van der Waals surface area contributed by atoms with Gasteiger partial charge >= 0.3 is 5.97 Å². The highest BCUT2D eigenvalue weighted by Crippen LogP contribution is 2.45. The third-order valence-corrected chi connectivity index (χ3v) is 6.76. The summed E-state index contributed by atoms with van der Waals surface area (Å²) in [4.78, 5) is 36.6. The van der Waals surface area contributed by atoms with E-state index in [2.05, 4.69) is 25.5 Å². The summed E-state index contributed by atoms with van der Waals surface area (Å²) >= 11 is 0. The number of hydrogen-bond donors (Lipinski definition) is 1. The van der Waals surface area contributed by atoms with Crippen LogP contribution >= 0.6 is 0 Å². The number of rotatable bonds is 5. The molecule has 5 rings (SSSR count). The van der Waals surface area contributed by atoms with Crippen molar-refractivity contribution in [2.75, 3.05) is 32.8 Å². The third-order valence-electron chi connectivity index (χ3n) is 6.76. The number of aliphatic hydroxyl groups excluding tert-OH is 1. The van der Waals surface area contributed by atoms with Gasteiger partial charge in [0.1, 0.15) is 25.2 Å². The Bertz CT molecular complexity index is 1090. The van der Waals surface area contributed by atoms with Crippen molar-refractivity contribution in [2.45, 2.75) is 32.0 Å². The molecule has 1 N–H and O–H groups in total. The number of piperidine rings is 1. The Hall–Kier alpha value is -3.32. The minimum absolute atomic E-state index is 0.0280. The predicted molar refractivity (Wildman–Crippen MR) is 108 cm³/mol. The lowest BCUT2D eigenvalue weighted by Gasteiger charge is -2.41. The van der Waals surface area contributed by atoms with Crippen LogP contribution in [0.5, 0.6) is 0 Å². The first-order chi connectivity index (χ1) is 15.9. The van der Waals surface area contributed by atoms with Crippen molar-refractivity contribution in [2.24, 2.45) is 5.41 Å². The number of hydrogen-bond acceptors (Lipinski definition) is 10. The van der Waals surface area contributed by atoms with Gasteiger partial charge in [0.25, 0.3) is 0 Å². The molecule has 0 saturated carbocycles. The molecule has 3 aliphatic heterocycles. The number of aliphatic hydroxyl groups is 1. The number of alkyl halides is 1. The highest BCUT2D eigenvalue weighted by Gasteiger charge is 2.56. The van der Waals surface area contributed by atoms with Crippen LogP contribution in [-0.2, 0) is 14.3 Å². The smallest absolute Gasteiger partial charge is 0.336 e. The quantitative estimate of drug-likeness (QED) is 0.588. The Morgan fingerprint density at radius 1 is 1.27 bits per heavy atom. The molecule has 13 heteroatoms. The van der Waals surface area contributed by atoms with Crippen LogP contribution in [0.4, 0.5) is 4.39 Å². The molecule has 33 heavy (non-hydrogen) atoms. The summed E-state index contributed by atoms with van der Waals surface area (Å²) in [5, 5.41) is 21.4. The van der Waals surface area contributed by atoms with Crippen LogP contribution in [-0.4, -0.2) is 95.9 Å². The largest absolute Gasteiger partial charge is 0.456 e. The van der Waals surface area contributed by atoms with Crippen molar-refractivity contribution in [3.63, 3.8) is 0 Å². The third kappa shape index (κ3) is 3.66. The van der Waals surface area contributed by atoms with E-state index in [0.717, 1.165) is 0 Å². The molecule has 1 unspecified atom stereocenters. The predicted octanol–water partition coefficient (Wildman–Crippen LogP) is -0.421. The first-order valence-corrected chi connectivity index (χ1v) is 10.7. The van der Waals surface area contributed by atoms with Crippen LogP contribution in [0.3, 0.4) is 0 Å². The average Bonchev–Trinajstić information content (AvgIpc) is 3.54. The van der Waals surface area contributed by atoms with Gasteiger partial charge in [0, 0.05) is 19.6 Å². The number of ether oxygens (including phenoxy) is 1. The van der Waals surface area contributed by atoms with Gasteiger partial charge in [0.15, 0.2) is 5.82 Å². The lowest BCUT2D eigenvalue weighted by molar-refractivity contribution is -0.142. The first kappa shape index (κ1) is 21.5. The molecule has 1 spiro atoms. The molecule has 0 aromatic carbocycles. The molecule has 5 heterocycles. The number of esters is 1. The van der Waals surface area contributed by atoms with Crippen molar-refractivity contribution in [1.29, 1.82) is 0 Å². The normalized spacial score (nSPS) is 27.0. The molecule has 3 atom stereocenters. The minimum atomic E-state index is -1.39. The van der Waals surface area contributed by atoms with E-state index in [4.69, 9.17) is 4.74 Å². The molecule has 174 valence electrons. The maximum Gasteiger partial charge on any atom is 0.336 e. The lowest BCUT2D eigenvalue weighted by atomic mass is 9.75. The molecule has 1 amide bonds. The van der Waals surface area contributed by atoms with E-state index in [0.29, 0.717) is 48.7 Å². The van der Waals surface area contributed by atoms with Crippen molar-refractivity contribution in [3.8, 4) is 5.82 Å². The number of amides is 1. The average molecular weight is 458 g/mol. The fraction of sp³-hybridized carbons (Fsp3) is 0.550. The van der Waals surface area contributed by atoms with Crippen LogP contribution in [0.1, 0.15) is 31.6 Å². The van der Waals surface area contributed by atoms with E-state index >= 15 is 4.39 Å². The fourth-order valence-electron chi connectivity index (χ4n) is 4.72. The Morgan fingerprint density at radius 3 is 2.73 bits per heavy atom. The molecule has 2 aromatic rings. The summed E-state index contributed by atoms with van der Waals surface area (Å²) in [6, 6.07) is 0. The zero-order valence-electron chi connectivity index (χ0n) is 18.0. The molecule has 2 fully saturated rings. The summed E-state index contributed by atoms with van der Waals surface area (Å²) in [7, 11) is 0. The Kier molecular flexibility index (Phi) is 5.37. The van der Waals surface area contributed by atoms with Crippen LogP contribution in [0.15, 0.2) is 30.0 Å². The van der Waals surface area contributed by atoms with Crippen LogP contribution < -0.4 is 0 Å². The van der Waals surface area contributed by atoms with E-state index in [1.165, 1.54) is 28.3 Å². The molecule has 0 bridgehead atoms. The number of likely N-dealkylation sites (tertiary alicyclic amines) is 2. The van der Waals surface area contributed by atoms with E-state index in [1.54, 1.807) is 11.8 Å². The summed E-state index contributed by atoms with van der Waals surface area (Å²) in [5.74, 6) is -0.316. The monoisotopic (exact) mass is 458 g/mol. The van der Waals surface area contributed by atoms with Gasteiger partial charge in [0.05, 0.1) is 34.8 Å². The summed E-state index contributed by atoms with van der Waals surface area (Å²) in [6.45, 7) is 2.70. The number of nitrogens with zero attached hydrogens (tertiary/aromatic N) is 8. The second kappa shape index (κ2) is 8.23.